The summed E-state index contributed by atoms with van der Waals surface area (Å²) in [5, 5.41) is 19.1. The number of thiophene rings is 1. The number of phenols is 1. The Balaban J connectivity index is 0.00000341. The monoisotopic (exact) mass is 560 g/mol. The van der Waals surface area contributed by atoms with Crippen molar-refractivity contribution in [3.05, 3.63) is 40.1 Å². The average Bonchev–Trinajstić information content (AvgIpc) is 3.47. The summed E-state index contributed by atoms with van der Waals surface area (Å²) in [7, 11) is 3.05. The van der Waals surface area contributed by atoms with Crippen LogP contribution in [-0.4, -0.2) is 56.4 Å². The molecule has 7 nitrogen and oxygen atoms in total. The minimum atomic E-state index is 0. The summed E-state index contributed by atoms with van der Waals surface area (Å²) in [6, 6.07) is 8.25. The minimum absolute atomic E-state index is 0. The smallest absolute Gasteiger partial charge is 0.200 e. The van der Waals surface area contributed by atoms with Crippen LogP contribution in [0.2, 0.25) is 0 Å². The summed E-state index contributed by atoms with van der Waals surface area (Å²) >= 11 is 1.81. The number of aromatic hydroxyl groups is 1. The number of guanidine groups is 1. The first-order valence-electron chi connectivity index (χ1n) is 10.4. The van der Waals surface area contributed by atoms with Crippen molar-refractivity contribution in [1.29, 1.82) is 0 Å². The molecule has 3 rings (SSSR count). The van der Waals surface area contributed by atoms with E-state index in [2.05, 4.69) is 40.0 Å². The van der Waals surface area contributed by atoms with E-state index in [4.69, 9.17) is 14.5 Å². The molecule has 1 atom stereocenters. The Morgan fingerprint density at radius 2 is 1.87 bits per heavy atom. The van der Waals surface area contributed by atoms with Crippen molar-refractivity contribution in [3.8, 4) is 17.2 Å². The maximum Gasteiger partial charge on any atom is 0.200 e. The van der Waals surface area contributed by atoms with E-state index in [0.717, 1.165) is 37.7 Å². The highest BCUT2D eigenvalue weighted by Gasteiger charge is 2.24. The Morgan fingerprint density at radius 3 is 2.42 bits per heavy atom. The van der Waals surface area contributed by atoms with Crippen LogP contribution in [0.4, 0.5) is 0 Å². The number of hydrogen-bond acceptors (Lipinski definition) is 6. The molecule has 2 aromatic rings. The first-order valence-corrected chi connectivity index (χ1v) is 11.3. The first-order chi connectivity index (χ1) is 14.7. The quantitative estimate of drug-likeness (QED) is 0.245. The van der Waals surface area contributed by atoms with E-state index in [1.54, 1.807) is 12.1 Å². The highest BCUT2D eigenvalue weighted by molar-refractivity contribution is 14.0. The fraction of sp³-hybridized carbons (Fsp3) is 0.500. The first kappa shape index (κ1) is 25.5. The predicted octanol–water partition coefficient (Wildman–Crippen LogP) is 3.98. The number of aliphatic imine (C=N–C) groups is 1. The van der Waals surface area contributed by atoms with Gasteiger partial charge in [0.2, 0.25) is 5.75 Å². The fourth-order valence-corrected chi connectivity index (χ4v) is 4.55. The molecule has 1 fully saturated rings. The van der Waals surface area contributed by atoms with Gasteiger partial charge in [0.1, 0.15) is 0 Å². The van der Waals surface area contributed by atoms with Crippen LogP contribution < -0.4 is 20.1 Å². The molecule has 2 heterocycles. The highest BCUT2D eigenvalue weighted by Crippen LogP contribution is 2.37. The van der Waals surface area contributed by atoms with Crippen molar-refractivity contribution < 1.29 is 14.6 Å². The molecule has 3 N–H and O–H groups in total. The number of phenolic OH excluding ortho intramolecular Hbond substituents is 1. The Morgan fingerprint density at radius 1 is 1.19 bits per heavy atom. The largest absolute Gasteiger partial charge is 0.502 e. The maximum atomic E-state index is 10.1. The molecule has 1 aromatic carbocycles. The third-order valence-electron chi connectivity index (χ3n) is 5.22. The molecule has 9 heteroatoms. The summed E-state index contributed by atoms with van der Waals surface area (Å²) in [6.45, 7) is 6.36. The number of nitrogens with one attached hydrogen (secondary N) is 2. The number of benzene rings is 1. The van der Waals surface area contributed by atoms with Gasteiger partial charge >= 0.3 is 0 Å². The van der Waals surface area contributed by atoms with Crippen molar-refractivity contribution >= 4 is 41.3 Å². The van der Waals surface area contributed by atoms with Gasteiger partial charge in [0.05, 0.1) is 26.8 Å². The number of rotatable bonds is 9. The lowest BCUT2D eigenvalue weighted by atomic mass is 10.2. The second-order valence-electron chi connectivity index (χ2n) is 7.20. The number of methoxy groups -OCH3 is 2. The van der Waals surface area contributed by atoms with Crippen LogP contribution in [0.5, 0.6) is 17.2 Å². The second-order valence-corrected chi connectivity index (χ2v) is 8.18. The molecule has 1 saturated heterocycles. The van der Waals surface area contributed by atoms with Gasteiger partial charge in [-0.15, -0.1) is 35.3 Å². The molecule has 31 heavy (non-hydrogen) atoms. The fourth-order valence-electron chi connectivity index (χ4n) is 3.69. The maximum absolute atomic E-state index is 10.1. The SMILES string of the molecule is CCNC(=NCc1cc(OC)c(O)c(OC)c1)NCC(c1cccs1)N1CCCC1.I. The molecule has 1 aliphatic rings. The van der Waals surface area contributed by atoms with Gasteiger partial charge in [-0.3, -0.25) is 4.90 Å². The molecule has 0 radical (unpaired) electrons. The van der Waals surface area contributed by atoms with E-state index in [1.165, 1.54) is 31.9 Å². The van der Waals surface area contributed by atoms with Gasteiger partial charge in [0.15, 0.2) is 17.5 Å². The minimum Gasteiger partial charge on any atom is -0.502 e. The summed E-state index contributed by atoms with van der Waals surface area (Å²) in [5.41, 5.74) is 0.896. The van der Waals surface area contributed by atoms with Crippen molar-refractivity contribution in [1.82, 2.24) is 15.5 Å². The van der Waals surface area contributed by atoms with E-state index in [0.29, 0.717) is 24.1 Å². The average molecular weight is 561 g/mol. The molecule has 1 unspecified atom stereocenters. The molecular weight excluding hydrogens is 527 g/mol. The zero-order valence-corrected chi connectivity index (χ0v) is 21.5. The molecule has 1 aromatic heterocycles. The zero-order chi connectivity index (χ0) is 21.3. The van der Waals surface area contributed by atoms with Gasteiger partial charge in [-0.05, 0) is 62.0 Å². The standard InChI is InChI=1S/C22H32N4O3S.HI/c1-4-23-22(24-14-16-12-18(28-2)21(27)19(13-16)29-3)25-15-17(20-8-7-11-30-20)26-9-5-6-10-26;/h7-8,11-13,17,27H,4-6,9-10,14-15H2,1-3H3,(H2,23,24,25);1H. The van der Waals surface area contributed by atoms with Crippen molar-refractivity contribution in [2.75, 3.05) is 40.4 Å². The third kappa shape index (κ3) is 6.88. The molecule has 0 aliphatic carbocycles. The summed E-state index contributed by atoms with van der Waals surface area (Å²) in [4.78, 5) is 8.67. The topological polar surface area (TPSA) is 78.4 Å². The van der Waals surface area contributed by atoms with E-state index in [9.17, 15) is 5.11 Å². The molecular formula is C22H33IN4O3S. The number of hydrogen-bond donors (Lipinski definition) is 3. The number of likely N-dealkylation sites (tertiary alicyclic amines) is 1. The van der Waals surface area contributed by atoms with Crippen LogP contribution in [-0.2, 0) is 6.54 Å². The second kappa shape index (κ2) is 13.0. The van der Waals surface area contributed by atoms with Crippen molar-refractivity contribution in [2.24, 2.45) is 4.99 Å². The van der Waals surface area contributed by atoms with Gasteiger partial charge in [0.25, 0.3) is 0 Å². The summed E-state index contributed by atoms with van der Waals surface area (Å²) < 4.78 is 10.5. The number of ether oxygens (including phenoxy) is 2. The van der Waals surface area contributed by atoms with E-state index in [1.807, 2.05) is 11.3 Å². The molecule has 0 amide bonds. The molecule has 1 aliphatic heterocycles. The van der Waals surface area contributed by atoms with Crippen molar-refractivity contribution in [2.45, 2.75) is 32.4 Å². The molecule has 0 spiro atoms. The zero-order valence-electron chi connectivity index (χ0n) is 18.4. The number of halogens is 1. The van der Waals surface area contributed by atoms with Gasteiger partial charge in [-0.25, -0.2) is 4.99 Å². The summed E-state index contributed by atoms with van der Waals surface area (Å²) in [5.74, 6) is 1.53. The van der Waals surface area contributed by atoms with Gasteiger partial charge in [0, 0.05) is 18.0 Å². The van der Waals surface area contributed by atoms with Gasteiger partial charge in [-0.1, -0.05) is 6.07 Å². The Hall–Kier alpha value is -1.72. The van der Waals surface area contributed by atoms with Crippen LogP contribution in [0.1, 0.15) is 36.2 Å². The van der Waals surface area contributed by atoms with Gasteiger partial charge in [-0.2, -0.15) is 0 Å². The van der Waals surface area contributed by atoms with Crippen LogP contribution in [0, 0.1) is 0 Å². The Bertz CT molecular complexity index is 801. The summed E-state index contributed by atoms with van der Waals surface area (Å²) in [6.07, 6.45) is 2.53. The predicted molar refractivity (Wildman–Crippen MR) is 137 cm³/mol. The van der Waals surface area contributed by atoms with Crippen molar-refractivity contribution in [3.63, 3.8) is 0 Å². The highest BCUT2D eigenvalue weighted by atomic mass is 127. The lowest BCUT2D eigenvalue weighted by Gasteiger charge is -2.27. The molecule has 172 valence electrons. The Labute approximate surface area is 205 Å². The number of nitrogens with zero attached hydrogens (tertiary/aromatic N) is 2. The van der Waals surface area contributed by atoms with Crippen LogP contribution in [0.25, 0.3) is 0 Å². The molecule has 0 saturated carbocycles. The third-order valence-corrected chi connectivity index (χ3v) is 6.19. The normalized spacial score (nSPS) is 15.3. The van der Waals surface area contributed by atoms with E-state index in [-0.39, 0.29) is 29.7 Å². The van der Waals surface area contributed by atoms with Gasteiger partial charge < -0.3 is 25.2 Å². The van der Waals surface area contributed by atoms with Crippen LogP contribution >= 0.6 is 35.3 Å². The molecule has 0 bridgehead atoms. The van der Waals surface area contributed by atoms with E-state index < -0.39 is 0 Å². The lowest BCUT2D eigenvalue weighted by molar-refractivity contribution is 0.249. The van der Waals surface area contributed by atoms with Crippen LogP contribution in [0.3, 0.4) is 0 Å². The lowest BCUT2D eigenvalue weighted by Crippen LogP contribution is -2.42. The van der Waals surface area contributed by atoms with E-state index >= 15 is 0 Å². The van der Waals surface area contributed by atoms with Crippen LogP contribution in [0.15, 0.2) is 34.6 Å². The Kier molecular flexibility index (Phi) is 10.7.